The molecule has 1 aromatic carbocycles. The van der Waals surface area contributed by atoms with E-state index >= 15 is 0 Å². The van der Waals surface area contributed by atoms with E-state index in [1.165, 1.54) is 5.56 Å². The molecule has 0 saturated carbocycles. The van der Waals surface area contributed by atoms with E-state index in [-0.39, 0.29) is 23.2 Å². The minimum Gasteiger partial charge on any atom is -0.365 e. The number of sulfone groups is 1. The molecule has 132 valence electrons. The van der Waals surface area contributed by atoms with Crippen molar-refractivity contribution in [2.75, 3.05) is 16.8 Å². The van der Waals surface area contributed by atoms with Crippen LogP contribution < -0.4 is 10.6 Å². The van der Waals surface area contributed by atoms with E-state index in [2.05, 4.69) is 20.8 Å². The van der Waals surface area contributed by atoms with Crippen molar-refractivity contribution in [2.45, 2.75) is 25.9 Å². The summed E-state index contributed by atoms with van der Waals surface area (Å²) in [4.78, 5) is 12.1. The minimum atomic E-state index is -3.03. The van der Waals surface area contributed by atoms with Crippen LogP contribution in [0.15, 0.2) is 36.4 Å². The van der Waals surface area contributed by atoms with Gasteiger partial charge in [-0.05, 0) is 31.0 Å². The van der Waals surface area contributed by atoms with Crippen molar-refractivity contribution >= 4 is 21.6 Å². The smallest absolute Gasteiger partial charge is 0.272 e. The fourth-order valence-corrected chi connectivity index (χ4v) is 4.29. The fourth-order valence-electron chi connectivity index (χ4n) is 2.61. The lowest BCUT2D eigenvalue weighted by Crippen LogP contribution is -2.36. The molecule has 0 bridgehead atoms. The van der Waals surface area contributed by atoms with Crippen LogP contribution in [0.2, 0.25) is 0 Å². The number of anilines is 1. The highest BCUT2D eigenvalue weighted by Gasteiger charge is 2.29. The molecule has 25 heavy (non-hydrogen) atoms. The maximum Gasteiger partial charge on any atom is 0.272 e. The second-order valence-corrected chi connectivity index (χ2v) is 8.45. The third-order valence-electron chi connectivity index (χ3n) is 4.06. The second kappa shape index (κ2) is 7.18. The van der Waals surface area contributed by atoms with E-state index in [1.54, 1.807) is 12.1 Å². The van der Waals surface area contributed by atoms with Crippen LogP contribution in [0, 0.1) is 6.92 Å². The monoisotopic (exact) mass is 360 g/mol. The van der Waals surface area contributed by atoms with E-state index in [4.69, 9.17) is 0 Å². The number of rotatable bonds is 5. The lowest BCUT2D eigenvalue weighted by Gasteiger charge is -2.10. The summed E-state index contributed by atoms with van der Waals surface area (Å²) < 4.78 is 22.8. The molecule has 2 N–H and O–H groups in total. The number of nitrogens with zero attached hydrogens (tertiary/aromatic N) is 2. The highest BCUT2D eigenvalue weighted by atomic mass is 32.2. The summed E-state index contributed by atoms with van der Waals surface area (Å²) in [6.07, 6.45) is 0.442. The molecule has 1 aliphatic heterocycles. The van der Waals surface area contributed by atoms with Gasteiger partial charge in [0.1, 0.15) is 5.82 Å². The van der Waals surface area contributed by atoms with Gasteiger partial charge in [0.25, 0.3) is 5.91 Å². The van der Waals surface area contributed by atoms with Crippen molar-refractivity contribution in [3.63, 3.8) is 0 Å². The molecule has 0 aliphatic carbocycles. The van der Waals surface area contributed by atoms with Gasteiger partial charge in [-0.25, -0.2) is 8.42 Å². The molecule has 7 nitrogen and oxygen atoms in total. The van der Waals surface area contributed by atoms with Crippen molar-refractivity contribution in [2.24, 2.45) is 0 Å². The highest BCUT2D eigenvalue weighted by Crippen LogP contribution is 2.12. The van der Waals surface area contributed by atoms with E-state index in [1.807, 2.05) is 31.2 Å². The first-order valence-corrected chi connectivity index (χ1v) is 9.88. The molecule has 1 amide bonds. The predicted molar refractivity (Wildman–Crippen MR) is 95.1 cm³/mol. The maximum atomic E-state index is 12.1. The van der Waals surface area contributed by atoms with Crippen molar-refractivity contribution in [1.82, 2.24) is 15.5 Å². The molecule has 0 radical (unpaired) electrons. The van der Waals surface area contributed by atoms with Crippen LogP contribution in [0.1, 0.15) is 28.0 Å². The van der Waals surface area contributed by atoms with Gasteiger partial charge in [0.2, 0.25) is 0 Å². The molecular formula is C17H20N4O3S. The number of carbonyl (C=O) groups is 1. The third-order valence-corrected chi connectivity index (χ3v) is 5.83. The Morgan fingerprint density at radius 1 is 1.16 bits per heavy atom. The van der Waals surface area contributed by atoms with E-state index in [0.717, 1.165) is 5.56 Å². The lowest BCUT2D eigenvalue weighted by atomic mass is 10.1. The van der Waals surface area contributed by atoms with Gasteiger partial charge in [0.15, 0.2) is 15.5 Å². The Kier molecular flexibility index (Phi) is 4.98. The van der Waals surface area contributed by atoms with Crippen LogP contribution in [0.3, 0.4) is 0 Å². The van der Waals surface area contributed by atoms with Crippen LogP contribution >= 0.6 is 0 Å². The molecule has 1 atom stereocenters. The molecule has 1 saturated heterocycles. The van der Waals surface area contributed by atoms with Gasteiger partial charge in [0, 0.05) is 12.6 Å². The van der Waals surface area contributed by atoms with Crippen molar-refractivity contribution in [3.8, 4) is 0 Å². The van der Waals surface area contributed by atoms with Crippen LogP contribution in [0.4, 0.5) is 5.82 Å². The summed E-state index contributed by atoms with van der Waals surface area (Å²) in [6, 6.07) is 11.1. The average molecular weight is 360 g/mol. The molecule has 3 rings (SSSR count). The Morgan fingerprint density at radius 3 is 2.52 bits per heavy atom. The predicted octanol–water partition coefficient (Wildman–Crippen LogP) is 1.31. The van der Waals surface area contributed by atoms with E-state index < -0.39 is 15.7 Å². The standard InChI is InChI=1S/C17H20N4O3S/c1-12-2-4-13(5-3-12)10-18-16-7-6-15(20-21-16)17(22)19-14-8-9-25(23,24)11-14/h2-7,14H,8-11H2,1H3,(H,18,21)(H,19,22). The Hall–Kier alpha value is -2.48. The number of hydrogen-bond donors (Lipinski definition) is 2. The zero-order chi connectivity index (χ0) is 17.9. The third kappa shape index (κ3) is 4.76. The quantitative estimate of drug-likeness (QED) is 0.834. The van der Waals surface area contributed by atoms with Crippen LogP contribution in [0.5, 0.6) is 0 Å². The Balaban J connectivity index is 1.54. The number of aromatic nitrogens is 2. The van der Waals surface area contributed by atoms with Crippen molar-refractivity contribution < 1.29 is 13.2 Å². The fraction of sp³-hybridized carbons (Fsp3) is 0.353. The van der Waals surface area contributed by atoms with E-state index in [0.29, 0.717) is 18.8 Å². The molecule has 8 heteroatoms. The lowest BCUT2D eigenvalue weighted by molar-refractivity contribution is 0.0935. The van der Waals surface area contributed by atoms with Crippen LogP contribution in [0.25, 0.3) is 0 Å². The van der Waals surface area contributed by atoms with Crippen LogP contribution in [-0.4, -0.2) is 42.1 Å². The normalized spacial score (nSPS) is 18.7. The summed E-state index contributed by atoms with van der Waals surface area (Å²) in [5.41, 5.74) is 2.50. The summed E-state index contributed by atoms with van der Waals surface area (Å²) in [7, 11) is -3.03. The van der Waals surface area contributed by atoms with E-state index in [9.17, 15) is 13.2 Å². The van der Waals surface area contributed by atoms with Crippen LogP contribution in [-0.2, 0) is 16.4 Å². The first-order chi connectivity index (χ1) is 11.9. The van der Waals surface area contributed by atoms with Crippen molar-refractivity contribution in [1.29, 1.82) is 0 Å². The molecule has 0 spiro atoms. The molecule has 1 aliphatic rings. The van der Waals surface area contributed by atoms with Gasteiger partial charge in [-0.1, -0.05) is 29.8 Å². The number of hydrogen-bond acceptors (Lipinski definition) is 6. The second-order valence-electron chi connectivity index (χ2n) is 6.22. The van der Waals surface area contributed by atoms with Crippen molar-refractivity contribution in [3.05, 3.63) is 53.2 Å². The Morgan fingerprint density at radius 2 is 1.92 bits per heavy atom. The van der Waals surface area contributed by atoms with Gasteiger partial charge in [-0.3, -0.25) is 4.79 Å². The molecule has 1 fully saturated rings. The molecule has 1 unspecified atom stereocenters. The topological polar surface area (TPSA) is 101 Å². The molecule has 2 aromatic rings. The first kappa shape index (κ1) is 17.3. The number of nitrogens with one attached hydrogen (secondary N) is 2. The minimum absolute atomic E-state index is 0.0115. The Bertz CT molecular complexity index is 848. The number of benzene rings is 1. The number of carbonyl (C=O) groups excluding carboxylic acids is 1. The summed E-state index contributed by atoms with van der Waals surface area (Å²) >= 11 is 0. The molecule has 2 heterocycles. The SMILES string of the molecule is Cc1ccc(CNc2ccc(C(=O)NC3CCS(=O)(=O)C3)nn2)cc1. The number of amides is 1. The van der Waals surface area contributed by atoms with Gasteiger partial charge in [-0.2, -0.15) is 0 Å². The zero-order valence-corrected chi connectivity index (χ0v) is 14.7. The molecular weight excluding hydrogens is 340 g/mol. The summed E-state index contributed by atoms with van der Waals surface area (Å²) in [5.74, 6) is 0.272. The average Bonchev–Trinajstić information content (AvgIpc) is 2.93. The van der Waals surface area contributed by atoms with Gasteiger partial charge >= 0.3 is 0 Å². The molecule has 1 aromatic heterocycles. The van der Waals surface area contributed by atoms with Gasteiger partial charge in [-0.15, -0.1) is 10.2 Å². The largest absolute Gasteiger partial charge is 0.365 e. The van der Waals surface area contributed by atoms with Gasteiger partial charge < -0.3 is 10.6 Å². The zero-order valence-electron chi connectivity index (χ0n) is 13.9. The highest BCUT2D eigenvalue weighted by molar-refractivity contribution is 7.91. The Labute approximate surface area is 146 Å². The maximum absolute atomic E-state index is 12.1. The van der Waals surface area contributed by atoms with Gasteiger partial charge in [0.05, 0.1) is 11.5 Å². The summed E-state index contributed by atoms with van der Waals surface area (Å²) in [6.45, 7) is 2.65. The number of aryl methyl sites for hydroxylation is 1. The summed E-state index contributed by atoms with van der Waals surface area (Å²) in [5, 5.41) is 13.7. The first-order valence-electron chi connectivity index (χ1n) is 8.06.